The molecule has 5 rings (SSSR count). The summed E-state index contributed by atoms with van der Waals surface area (Å²) in [5, 5.41) is 6.20. The molecule has 2 heterocycles. The predicted molar refractivity (Wildman–Crippen MR) is 122 cm³/mol. The van der Waals surface area contributed by atoms with Crippen molar-refractivity contribution in [2.45, 2.75) is 32.2 Å². The van der Waals surface area contributed by atoms with Gasteiger partial charge < -0.3 is 14.6 Å². The number of benzene rings is 3. The Labute approximate surface area is 180 Å². The van der Waals surface area contributed by atoms with E-state index < -0.39 is 0 Å². The molecule has 5 nitrogen and oxygen atoms in total. The standard InChI is InChI=1S/C26H24N2O3/c29-24(15-20-17-31-23-12-11-19-7-1-2-9-22(19)26(20)23)27-21-8-5-6-18(14-21)16-28-13-4-3-10-25(28)30/h1-2,5-9,11-12,14,17H,3-4,10,13,15-16H2,(H,27,29). The second-order valence-corrected chi connectivity index (χ2v) is 8.12. The van der Waals surface area contributed by atoms with Crippen molar-refractivity contribution < 1.29 is 14.0 Å². The molecule has 1 aromatic heterocycles. The van der Waals surface area contributed by atoms with Gasteiger partial charge in [0.1, 0.15) is 5.58 Å². The van der Waals surface area contributed by atoms with E-state index in [0.29, 0.717) is 13.0 Å². The second kappa shape index (κ2) is 8.26. The lowest BCUT2D eigenvalue weighted by atomic mass is 10.0. The van der Waals surface area contributed by atoms with Gasteiger partial charge in [0.2, 0.25) is 11.8 Å². The lowest BCUT2D eigenvalue weighted by molar-refractivity contribution is -0.133. The summed E-state index contributed by atoms with van der Waals surface area (Å²) in [6.45, 7) is 1.39. The number of hydrogen-bond acceptors (Lipinski definition) is 3. The monoisotopic (exact) mass is 412 g/mol. The fourth-order valence-electron chi connectivity index (χ4n) is 4.38. The van der Waals surface area contributed by atoms with Crippen LogP contribution in [0, 0.1) is 0 Å². The summed E-state index contributed by atoms with van der Waals surface area (Å²) >= 11 is 0. The van der Waals surface area contributed by atoms with Crippen LogP contribution in [0.5, 0.6) is 0 Å². The highest BCUT2D eigenvalue weighted by Gasteiger charge is 2.18. The van der Waals surface area contributed by atoms with Crippen LogP contribution in [0.25, 0.3) is 21.7 Å². The zero-order valence-corrected chi connectivity index (χ0v) is 17.3. The molecule has 0 spiro atoms. The van der Waals surface area contributed by atoms with Crippen LogP contribution >= 0.6 is 0 Å². The topological polar surface area (TPSA) is 62.6 Å². The maximum atomic E-state index is 12.8. The summed E-state index contributed by atoms with van der Waals surface area (Å²) in [5.41, 5.74) is 3.42. The van der Waals surface area contributed by atoms with Crippen LogP contribution in [0.1, 0.15) is 30.4 Å². The fraction of sp³-hybridized carbons (Fsp3) is 0.231. The van der Waals surface area contributed by atoms with E-state index in [2.05, 4.69) is 17.4 Å². The van der Waals surface area contributed by atoms with Gasteiger partial charge in [-0.25, -0.2) is 0 Å². The van der Waals surface area contributed by atoms with Crippen LogP contribution in [0.3, 0.4) is 0 Å². The van der Waals surface area contributed by atoms with Gasteiger partial charge in [-0.1, -0.05) is 42.5 Å². The number of carbonyl (C=O) groups excluding carboxylic acids is 2. The second-order valence-electron chi connectivity index (χ2n) is 8.12. The van der Waals surface area contributed by atoms with Crippen molar-refractivity contribution in [1.29, 1.82) is 0 Å². The van der Waals surface area contributed by atoms with Crippen molar-refractivity contribution >= 4 is 39.2 Å². The Hall–Kier alpha value is -3.60. The molecule has 1 fully saturated rings. The summed E-state index contributed by atoms with van der Waals surface area (Å²) in [7, 11) is 0. The minimum atomic E-state index is -0.0955. The highest BCUT2D eigenvalue weighted by Crippen LogP contribution is 2.30. The number of nitrogens with zero attached hydrogens (tertiary/aromatic N) is 1. The number of likely N-dealkylation sites (tertiary alicyclic amines) is 1. The maximum Gasteiger partial charge on any atom is 0.228 e. The molecule has 2 amide bonds. The number of carbonyl (C=O) groups is 2. The van der Waals surface area contributed by atoms with E-state index in [0.717, 1.165) is 57.9 Å². The minimum Gasteiger partial charge on any atom is -0.464 e. The molecule has 156 valence electrons. The molecule has 0 atom stereocenters. The Morgan fingerprint density at radius 1 is 1.03 bits per heavy atom. The zero-order chi connectivity index (χ0) is 21.2. The number of fused-ring (bicyclic) bond motifs is 3. The molecule has 1 aliphatic rings. The van der Waals surface area contributed by atoms with Crippen molar-refractivity contribution in [2.75, 3.05) is 11.9 Å². The number of nitrogens with one attached hydrogen (secondary N) is 1. The molecule has 0 bridgehead atoms. The van der Waals surface area contributed by atoms with Gasteiger partial charge in [0.25, 0.3) is 0 Å². The number of rotatable bonds is 5. The van der Waals surface area contributed by atoms with Crippen LogP contribution in [0.4, 0.5) is 5.69 Å². The van der Waals surface area contributed by atoms with Gasteiger partial charge in [0, 0.05) is 36.1 Å². The molecule has 3 aromatic carbocycles. The molecule has 31 heavy (non-hydrogen) atoms. The number of amides is 2. The average molecular weight is 412 g/mol. The Kier molecular flexibility index (Phi) is 5.16. The smallest absolute Gasteiger partial charge is 0.228 e. The fourth-order valence-corrected chi connectivity index (χ4v) is 4.38. The van der Waals surface area contributed by atoms with E-state index in [1.54, 1.807) is 6.26 Å². The van der Waals surface area contributed by atoms with Gasteiger partial charge >= 0.3 is 0 Å². The first-order valence-electron chi connectivity index (χ1n) is 10.7. The first-order chi connectivity index (χ1) is 15.2. The Morgan fingerprint density at radius 2 is 1.94 bits per heavy atom. The van der Waals surface area contributed by atoms with Crippen LogP contribution in [-0.4, -0.2) is 23.3 Å². The highest BCUT2D eigenvalue weighted by molar-refractivity contribution is 6.09. The molecule has 1 saturated heterocycles. The predicted octanol–water partition coefficient (Wildman–Crippen LogP) is 5.28. The summed E-state index contributed by atoms with van der Waals surface area (Å²) in [5.74, 6) is 0.113. The van der Waals surface area contributed by atoms with Crippen LogP contribution in [0.15, 0.2) is 71.3 Å². The number of furan rings is 1. The lowest BCUT2D eigenvalue weighted by Crippen LogP contribution is -2.34. The van der Waals surface area contributed by atoms with Crippen LogP contribution in [0.2, 0.25) is 0 Å². The molecule has 0 unspecified atom stereocenters. The van der Waals surface area contributed by atoms with Crippen LogP contribution in [-0.2, 0) is 22.6 Å². The molecular formula is C26H24N2O3. The van der Waals surface area contributed by atoms with E-state index in [1.807, 2.05) is 53.4 Å². The average Bonchev–Trinajstić information content (AvgIpc) is 3.19. The summed E-state index contributed by atoms with van der Waals surface area (Å²) in [6, 6.07) is 19.8. The quantitative estimate of drug-likeness (QED) is 0.485. The highest BCUT2D eigenvalue weighted by atomic mass is 16.3. The van der Waals surface area contributed by atoms with Crippen LogP contribution < -0.4 is 5.32 Å². The summed E-state index contributed by atoms with van der Waals surface area (Å²) < 4.78 is 5.70. The lowest BCUT2D eigenvalue weighted by Gasteiger charge is -2.26. The Balaban J connectivity index is 1.32. The van der Waals surface area contributed by atoms with Crippen molar-refractivity contribution in [3.8, 4) is 0 Å². The third-order valence-electron chi connectivity index (χ3n) is 5.90. The van der Waals surface area contributed by atoms with Gasteiger partial charge in [-0.05, 0) is 47.4 Å². The first kappa shape index (κ1) is 19.4. The Bertz CT molecular complexity index is 1270. The van der Waals surface area contributed by atoms with E-state index >= 15 is 0 Å². The molecule has 1 N–H and O–H groups in total. The maximum absolute atomic E-state index is 12.8. The van der Waals surface area contributed by atoms with E-state index in [1.165, 1.54) is 0 Å². The molecule has 0 radical (unpaired) electrons. The van der Waals surface area contributed by atoms with Gasteiger partial charge in [-0.3, -0.25) is 9.59 Å². The molecule has 0 saturated carbocycles. The van der Waals surface area contributed by atoms with E-state index in [-0.39, 0.29) is 18.2 Å². The minimum absolute atomic E-state index is 0.0955. The van der Waals surface area contributed by atoms with Crippen molar-refractivity contribution in [2.24, 2.45) is 0 Å². The van der Waals surface area contributed by atoms with E-state index in [9.17, 15) is 9.59 Å². The Morgan fingerprint density at radius 3 is 2.84 bits per heavy atom. The zero-order valence-electron chi connectivity index (χ0n) is 17.3. The molecule has 5 heteroatoms. The SMILES string of the molecule is O=C(Cc1coc2ccc3ccccc3c12)Nc1cccc(CN2CCCCC2=O)c1. The number of piperidine rings is 1. The van der Waals surface area contributed by atoms with Gasteiger partial charge in [0.15, 0.2) is 0 Å². The third-order valence-corrected chi connectivity index (χ3v) is 5.90. The third kappa shape index (κ3) is 4.04. The molecule has 0 aliphatic carbocycles. The molecule has 4 aromatic rings. The van der Waals surface area contributed by atoms with Gasteiger partial charge in [0.05, 0.1) is 12.7 Å². The van der Waals surface area contributed by atoms with Gasteiger partial charge in [-0.15, -0.1) is 0 Å². The molecule has 1 aliphatic heterocycles. The van der Waals surface area contributed by atoms with Crippen molar-refractivity contribution in [3.05, 3.63) is 78.1 Å². The summed E-state index contributed by atoms with van der Waals surface area (Å²) in [6.07, 6.45) is 4.56. The number of anilines is 1. The van der Waals surface area contributed by atoms with E-state index in [4.69, 9.17) is 4.42 Å². The van der Waals surface area contributed by atoms with Crippen molar-refractivity contribution in [1.82, 2.24) is 4.90 Å². The largest absolute Gasteiger partial charge is 0.464 e. The normalized spacial score (nSPS) is 14.3. The van der Waals surface area contributed by atoms with Crippen molar-refractivity contribution in [3.63, 3.8) is 0 Å². The summed E-state index contributed by atoms with van der Waals surface area (Å²) in [4.78, 5) is 26.8. The number of hydrogen-bond donors (Lipinski definition) is 1. The van der Waals surface area contributed by atoms with Gasteiger partial charge in [-0.2, -0.15) is 0 Å². The first-order valence-corrected chi connectivity index (χ1v) is 10.7. The molecular weight excluding hydrogens is 388 g/mol.